The van der Waals surface area contributed by atoms with Gasteiger partial charge in [-0.2, -0.15) is 0 Å². The zero-order chi connectivity index (χ0) is 18.6. The maximum Gasteiger partial charge on any atom is 0.246 e. The molecule has 2 fully saturated rings. The maximum atomic E-state index is 13.2. The van der Waals surface area contributed by atoms with Gasteiger partial charge < -0.3 is 20.4 Å². The number of hydrogen-bond acceptors (Lipinski definition) is 4. The second-order valence-corrected chi connectivity index (χ2v) is 7.70. The third-order valence-corrected chi connectivity index (χ3v) is 5.64. The molecule has 27 heavy (non-hydrogen) atoms. The molecule has 2 unspecified atom stereocenters. The van der Waals surface area contributed by atoms with Crippen LogP contribution in [0, 0.1) is 5.82 Å². The van der Waals surface area contributed by atoms with Gasteiger partial charge in [-0.05, 0) is 43.9 Å². The van der Waals surface area contributed by atoms with Gasteiger partial charge in [-0.15, -0.1) is 0 Å². The lowest BCUT2D eigenvalue weighted by atomic mass is 9.84. The lowest BCUT2D eigenvalue weighted by Crippen LogP contribution is -2.59. The molecule has 0 radical (unpaired) electrons. The summed E-state index contributed by atoms with van der Waals surface area (Å²) >= 11 is 0. The largest absolute Gasteiger partial charge is 0.364 e. The number of fused-ring (bicyclic) bond motifs is 1. The molecule has 146 valence electrons. The van der Waals surface area contributed by atoms with E-state index in [9.17, 15) is 9.18 Å². The highest BCUT2D eigenvalue weighted by atomic mass is 19.1. The number of amides is 1. The minimum atomic E-state index is -0.310. The molecule has 0 spiro atoms. The van der Waals surface area contributed by atoms with Crippen molar-refractivity contribution in [3.8, 4) is 0 Å². The smallest absolute Gasteiger partial charge is 0.246 e. The zero-order valence-electron chi connectivity index (χ0n) is 15.5. The van der Waals surface area contributed by atoms with Gasteiger partial charge in [-0.3, -0.25) is 4.79 Å². The van der Waals surface area contributed by atoms with Crippen LogP contribution in [0.15, 0.2) is 18.2 Å². The Bertz CT molecular complexity index is 787. The molecule has 4 rings (SSSR count). The summed E-state index contributed by atoms with van der Waals surface area (Å²) in [6.07, 6.45) is 8.61. The molecular weight excluding hydrogens is 347 g/mol. The summed E-state index contributed by atoms with van der Waals surface area (Å²) in [7, 11) is 0. The first-order valence-corrected chi connectivity index (χ1v) is 9.95. The molecule has 1 amide bonds. The van der Waals surface area contributed by atoms with Crippen molar-refractivity contribution in [1.82, 2.24) is 20.6 Å². The number of halogens is 1. The van der Waals surface area contributed by atoms with Crippen molar-refractivity contribution in [2.45, 2.75) is 69.7 Å². The minimum Gasteiger partial charge on any atom is -0.364 e. The van der Waals surface area contributed by atoms with Crippen molar-refractivity contribution in [1.29, 1.82) is 0 Å². The summed E-state index contributed by atoms with van der Waals surface area (Å²) < 4.78 is 18.7. The summed E-state index contributed by atoms with van der Waals surface area (Å²) in [5, 5.41) is 6.78. The van der Waals surface area contributed by atoms with Crippen LogP contribution in [-0.2, 0) is 16.1 Å². The Kier molecular flexibility index (Phi) is 5.69. The van der Waals surface area contributed by atoms with Crippen LogP contribution in [-0.4, -0.2) is 40.6 Å². The van der Waals surface area contributed by atoms with E-state index in [1.54, 1.807) is 6.07 Å². The molecule has 0 saturated heterocycles. The van der Waals surface area contributed by atoms with Gasteiger partial charge in [0.1, 0.15) is 24.9 Å². The number of imidazole rings is 1. The number of carbonyl (C=O) groups excluding carboxylic acids is 1. The zero-order valence-corrected chi connectivity index (χ0v) is 15.5. The van der Waals surface area contributed by atoms with E-state index in [1.165, 1.54) is 44.2 Å². The maximum absolute atomic E-state index is 13.2. The van der Waals surface area contributed by atoms with E-state index in [2.05, 4.69) is 20.6 Å². The highest BCUT2D eigenvalue weighted by Crippen LogP contribution is 2.24. The molecule has 1 aromatic carbocycles. The molecular formula is C20H27FN4O2. The number of ether oxygens (including phenoxy) is 1. The van der Waals surface area contributed by atoms with E-state index in [0.717, 1.165) is 12.8 Å². The second-order valence-electron chi connectivity index (χ2n) is 7.70. The van der Waals surface area contributed by atoms with Gasteiger partial charge in [0.2, 0.25) is 5.91 Å². The Morgan fingerprint density at radius 2 is 2.00 bits per heavy atom. The first kappa shape index (κ1) is 18.4. The van der Waals surface area contributed by atoms with E-state index >= 15 is 0 Å². The molecule has 6 nitrogen and oxygen atoms in total. The molecule has 2 atom stereocenters. The van der Waals surface area contributed by atoms with Crippen molar-refractivity contribution >= 4 is 16.9 Å². The first-order chi connectivity index (χ1) is 13.2. The second kappa shape index (κ2) is 8.35. The summed E-state index contributed by atoms with van der Waals surface area (Å²) in [5.41, 5.74) is 1.31. The normalized spacial score (nSPS) is 23.3. The number of rotatable bonds is 7. The summed E-state index contributed by atoms with van der Waals surface area (Å²) in [6.45, 7) is 0.191. The Balaban J connectivity index is 1.19. The first-order valence-electron chi connectivity index (χ1n) is 9.95. The number of H-pyrrole nitrogens is 1. The monoisotopic (exact) mass is 374 g/mol. The van der Waals surface area contributed by atoms with Crippen molar-refractivity contribution < 1.29 is 13.9 Å². The number of benzene rings is 1. The molecule has 1 heterocycles. The fraction of sp³-hybridized carbons (Fsp3) is 0.600. The van der Waals surface area contributed by atoms with Crippen LogP contribution in [0.5, 0.6) is 0 Å². The molecule has 0 bridgehead atoms. The van der Waals surface area contributed by atoms with Crippen LogP contribution < -0.4 is 10.6 Å². The Hall–Kier alpha value is -1.99. The Morgan fingerprint density at radius 1 is 1.19 bits per heavy atom. The van der Waals surface area contributed by atoms with Crippen molar-refractivity contribution in [2.75, 3.05) is 6.61 Å². The van der Waals surface area contributed by atoms with Crippen LogP contribution in [0.25, 0.3) is 11.0 Å². The van der Waals surface area contributed by atoms with E-state index in [0.29, 0.717) is 28.9 Å². The van der Waals surface area contributed by atoms with Crippen LogP contribution in [0.2, 0.25) is 0 Å². The van der Waals surface area contributed by atoms with E-state index in [4.69, 9.17) is 4.74 Å². The predicted octanol–water partition coefficient (Wildman–Crippen LogP) is 2.79. The van der Waals surface area contributed by atoms with E-state index in [1.807, 2.05) is 0 Å². The molecule has 2 aromatic rings. The quantitative estimate of drug-likeness (QED) is 0.696. The number of nitrogens with zero attached hydrogens (tertiary/aromatic N) is 1. The van der Waals surface area contributed by atoms with Gasteiger partial charge in [-0.25, -0.2) is 9.37 Å². The third-order valence-electron chi connectivity index (χ3n) is 5.64. The average molecular weight is 374 g/mol. The topological polar surface area (TPSA) is 79.0 Å². The van der Waals surface area contributed by atoms with Gasteiger partial charge in [0.05, 0.1) is 11.0 Å². The minimum absolute atomic E-state index is 0.00193. The Labute approximate surface area is 158 Å². The fourth-order valence-corrected chi connectivity index (χ4v) is 4.04. The molecule has 2 aliphatic rings. The van der Waals surface area contributed by atoms with Crippen molar-refractivity contribution in [3.05, 3.63) is 29.8 Å². The average Bonchev–Trinajstić information content (AvgIpc) is 3.06. The number of carbonyl (C=O) groups is 1. The fourth-order valence-electron chi connectivity index (χ4n) is 4.04. The van der Waals surface area contributed by atoms with Gasteiger partial charge in [0, 0.05) is 18.1 Å². The van der Waals surface area contributed by atoms with Gasteiger partial charge in [-0.1, -0.05) is 19.3 Å². The molecule has 2 saturated carbocycles. The molecule has 0 aliphatic heterocycles. The van der Waals surface area contributed by atoms with E-state index < -0.39 is 0 Å². The lowest BCUT2D eigenvalue weighted by molar-refractivity contribution is -0.127. The van der Waals surface area contributed by atoms with Crippen molar-refractivity contribution in [3.63, 3.8) is 0 Å². The van der Waals surface area contributed by atoms with Crippen LogP contribution in [0.1, 0.15) is 50.8 Å². The highest BCUT2D eigenvalue weighted by Gasteiger charge is 2.33. The molecule has 7 heteroatoms. The third kappa shape index (κ3) is 4.65. The predicted molar refractivity (Wildman–Crippen MR) is 101 cm³/mol. The number of nitrogens with one attached hydrogen (secondary N) is 3. The lowest BCUT2D eigenvalue weighted by Gasteiger charge is -2.41. The molecule has 3 N–H and O–H groups in total. The van der Waals surface area contributed by atoms with Gasteiger partial charge in [0.15, 0.2) is 0 Å². The standard InChI is InChI=1S/C20H27FN4O2/c21-13-6-7-17-18(10-13)24-19(23-17)11-27-12-20(26)25-16-9-8-15(16)22-14-4-2-1-3-5-14/h6-7,10,14-16,22H,1-5,8-9,11-12H2,(H,23,24)(H,25,26). The van der Waals surface area contributed by atoms with Gasteiger partial charge >= 0.3 is 0 Å². The summed E-state index contributed by atoms with van der Waals surface area (Å²) in [5.74, 6) is 0.177. The summed E-state index contributed by atoms with van der Waals surface area (Å²) in [4.78, 5) is 19.5. The SMILES string of the molecule is O=C(COCc1nc2ccc(F)cc2[nH]1)NC1CCC1NC1CCCCC1. The number of hydrogen-bond donors (Lipinski definition) is 3. The molecule has 2 aliphatic carbocycles. The van der Waals surface area contributed by atoms with Crippen molar-refractivity contribution in [2.24, 2.45) is 0 Å². The highest BCUT2D eigenvalue weighted by molar-refractivity contribution is 5.77. The van der Waals surface area contributed by atoms with Crippen LogP contribution >= 0.6 is 0 Å². The van der Waals surface area contributed by atoms with E-state index in [-0.39, 0.29) is 31.0 Å². The molecule has 1 aromatic heterocycles. The van der Waals surface area contributed by atoms with Crippen LogP contribution in [0.4, 0.5) is 4.39 Å². The summed E-state index contributed by atoms with van der Waals surface area (Å²) in [6, 6.07) is 5.59. The number of aromatic nitrogens is 2. The van der Waals surface area contributed by atoms with Crippen LogP contribution in [0.3, 0.4) is 0 Å². The van der Waals surface area contributed by atoms with Gasteiger partial charge in [0.25, 0.3) is 0 Å². The number of aromatic amines is 1. The Morgan fingerprint density at radius 3 is 2.78 bits per heavy atom.